The van der Waals surface area contributed by atoms with Crippen LogP contribution in [0, 0.1) is 11.7 Å². The van der Waals surface area contributed by atoms with Crippen LogP contribution < -0.4 is 4.74 Å². The van der Waals surface area contributed by atoms with Crippen LogP contribution in [0.15, 0.2) is 54.6 Å². The summed E-state index contributed by atoms with van der Waals surface area (Å²) in [7, 11) is 0. The first-order valence-corrected chi connectivity index (χ1v) is 9.66. The van der Waals surface area contributed by atoms with Crippen LogP contribution in [0.2, 0.25) is 0 Å². The second-order valence-corrected chi connectivity index (χ2v) is 7.66. The first kappa shape index (κ1) is 16.3. The molecule has 0 spiro atoms. The molecule has 0 amide bonds. The van der Waals surface area contributed by atoms with Crippen molar-refractivity contribution in [1.29, 1.82) is 0 Å². The minimum Gasteiger partial charge on any atom is -0.484 e. The molecule has 0 bridgehead atoms. The van der Waals surface area contributed by atoms with Crippen molar-refractivity contribution in [1.82, 2.24) is 0 Å². The van der Waals surface area contributed by atoms with Gasteiger partial charge in [-0.2, -0.15) is 0 Å². The Morgan fingerprint density at radius 3 is 2.44 bits per heavy atom. The van der Waals surface area contributed by atoms with E-state index in [1.54, 1.807) is 6.07 Å². The van der Waals surface area contributed by atoms with Crippen LogP contribution in [0.4, 0.5) is 4.39 Å². The summed E-state index contributed by atoms with van der Waals surface area (Å²) < 4.78 is 20.4. The van der Waals surface area contributed by atoms with E-state index in [0.717, 1.165) is 40.0 Å². The molecule has 3 heteroatoms. The van der Waals surface area contributed by atoms with Gasteiger partial charge in [0.15, 0.2) is 5.06 Å². The van der Waals surface area contributed by atoms with E-state index in [4.69, 9.17) is 4.74 Å². The molecular formula is C22H21FOS. The predicted molar refractivity (Wildman–Crippen MR) is 103 cm³/mol. The van der Waals surface area contributed by atoms with E-state index >= 15 is 0 Å². The first-order chi connectivity index (χ1) is 12.2. The van der Waals surface area contributed by atoms with Gasteiger partial charge in [0.1, 0.15) is 5.82 Å². The standard InChI is InChI=1S/C22H21FOS/c1-2-15-5-7-17(8-6-15)18-9-10-19(20(23)13-18)21-11-12-22(25-21)24-14-16-3-4-16/h5-13,16H,2-4,14H2,1H3. The lowest BCUT2D eigenvalue weighted by molar-refractivity contribution is 0.308. The van der Waals surface area contributed by atoms with E-state index in [2.05, 4.69) is 31.2 Å². The van der Waals surface area contributed by atoms with E-state index in [1.165, 1.54) is 29.7 Å². The summed E-state index contributed by atoms with van der Waals surface area (Å²) in [5.41, 5.74) is 3.88. The highest BCUT2D eigenvalue weighted by atomic mass is 32.1. The van der Waals surface area contributed by atoms with E-state index in [9.17, 15) is 4.39 Å². The average molecular weight is 352 g/mol. The minimum absolute atomic E-state index is 0.187. The summed E-state index contributed by atoms with van der Waals surface area (Å²) in [5, 5.41) is 0.875. The van der Waals surface area contributed by atoms with Gasteiger partial charge in [-0.3, -0.25) is 0 Å². The molecule has 1 saturated carbocycles. The van der Waals surface area contributed by atoms with Gasteiger partial charge in [-0.25, -0.2) is 4.39 Å². The molecule has 1 aromatic heterocycles. The van der Waals surface area contributed by atoms with Crippen LogP contribution in [0.25, 0.3) is 21.6 Å². The molecule has 0 N–H and O–H groups in total. The Labute approximate surface area is 152 Å². The van der Waals surface area contributed by atoms with Gasteiger partial charge in [0.2, 0.25) is 0 Å². The third-order valence-electron chi connectivity index (χ3n) is 4.67. The van der Waals surface area contributed by atoms with Crippen molar-refractivity contribution in [2.24, 2.45) is 5.92 Å². The van der Waals surface area contributed by atoms with Crippen LogP contribution in [0.5, 0.6) is 5.06 Å². The summed E-state index contributed by atoms with van der Waals surface area (Å²) >= 11 is 1.51. The third-order valence-corrected chi connectivity index (χ3v) is 5.70. The molecule has 1 nitrogen and oxygen atoms in total. The molecule has 4 rings (SSSR count). The van der Waals surface area contributed by atoms with Gasteiger partial charge in [0, 0.05) is 10.4 Å². The number of halogens is 1. The van der Waals surface area contributed by atoms with Gasteiger partial charge >= 0.3 is 0 Å². The molecule has 25 heavy (non-hydrogen) atoms. The van der Waals surface area contributed by atoms with Crippen molar-refractivity contribution in [2.75, 3.05) is 6.61 Å². The van der Waals surface area contributed by atoms with Crippen LogP contribution >= 0.6 is 11.3 Å². The molecule has 1 heterocycles. The molecule has 128 valence electrons. The molecule has 0 atom stereocenters. The van der Waals surface area contributed by atoms with Crippen molar-refractivity contribution < 1.29 is 9.13 Å². The van der Waals surface area contributed by atoms with E-state index < -0.39 is 0 Å². The van der Waals surface area contributed by atoms with E-state index in [0.29, 0.717) is 5.56 Å². The summed E-state index contributed by atoms with van der Waals surface area (Å²) in [6, 6.07) is 17.7. The first-order valence-electron chi connectivity index (χ1n) is 8.85. The van der Waals surface area contributed by atoms with Crippen LogP contribution in [0.1, 0.15) is 25.3 Å². The Morgan fingerprint density at radius 1 is 1.00 bits per heavy atom. The molecule has 1 aliphatic carbocycles. The topological polar surface area (TPSA) is 9.23 Å². The molecular weight excluding hydrogens is 331 g/mol. The highest BCUT2D eigenvalue weighted by Gasteiger charge is 2.22. The summed E-state index contributed by atoms with van der Waals surface area (Å²) in [6.07, 6.45) is 3.55. The molecule has 2 aromatic carbocycles. The largest absolute Gasteiger partial charge is 0.484 e. The molecule has 1 aliphatic rings. The van der Waals surface area contributed by atoms with E-state index in [-0.39, 0.29) is 5.82 Å². The minimum atomic E-state index is -0.187. The number of aryl methyl sites for hydroxylation is 1. The average Bonchev–Trinajstić information content (AvgIpc) is 3.36. The van der Waals surface area contributed by atoms with Crippen molar-refractivity contribution in [3.63, 3.8) is 0 Å². The van der Waals surface area contributed by atoms with Gasteiger partial charge in [0.05, 0.1) is 6.61 Å². The van der Waals surface area contributed by atoms with Crippen LogP contribution in [-0.2, 0) is 6.42 Å². The fourth-order valence-corrected chi connectivity index (χ4v) is 3.75. The molecule has 0 radical (unpaired) electrons. The molecule has 0 saturated heterocycles. The number of rotatable bonds is 6. The second kappa shape index (κ2) is 7.01. The van der Waals surface area contributed by atoms with Gasteiger partial charge in [-0.05, 0) is 66.1 Å². The van der Waals surface area contributed by atoms with E-state index in [1.807, 2.05) is 24.3 Å². The Morgan fingerprint density at radius 2 is 1.76 bits per heavy atom. The highest BCUT2D eigenvalue weighted by molar-refractivity contribution is 7.17. The fourth-order valence-electron chi connectivity index (χ4n) is 2.85. The fraction of sp³-hybridized carbons (Fsp3) is 0.273. The summed E-state index contributed by atoms with van der Waals surface area (Å²) in [5.74, 6) is 0.535. The second-order valence-electron chi connectivity index (χ2n) is 6.62. The highest BCUT2D eigenvalue weighted by Crippen LogP contribution is 2.37. The zero-order valence-electron chi connectivity index (χ0n) is 14.3. The van der Waals surface area contributed by atoms with Crippen molar-refractivity contribution in [3.05, 3.63) is 66.0 Å². The Hall–Kier alpha value is -2.13. The maximum atomic E-state index is 14.7. The van der Waals surface area contributed by atoms with Crippen molar-refractivity contribution in [3.8, 4) is 26.6 Å². The lowest BCUT2D eigenvalue weighted by Crippen LogP contribution is -1.96. The summed E-state index contributed by atoms with van der Waals surface area (Å²) in [6.45, 7) is 2.92. The SMILES string of the molecule is CCc1ccc(-c2ccc(-c3ccc(OCC4CC4)s3)c(F)c2)cc1. The van der Waals surface area contributed by atoms with Crippen molar-refractivity contribution in [2.45, 2.75) is 26.2 Å². The monoisotopic (exact) mass is 352 g/mol. The van der Waals surface area contributed by atoms with Crippen LogP contribution in [0.3, 0.4) is 0 Å². The Kier molecular flexibility index (Phi) is 4.58. The number of hydrogen-bond acceptors (Lipinski definition) is 2. The zero-order valence-corrected chi connectivity index (χ0v) is 15.1. The maximum Gasteiger partial charge on any atom is 0.174 e. The van der Waals surface area contributed by atoms with Crippen LogP contribution in [-0.4, -0.2) is 6.61 Å². The zero-order chi connectivity index (χ0) is 17.2. The third kappa shape index (κ3) is 3.77. The smallest absolute Gasteiger partial charge is 0.174 e. The van der Waals surface area contributed by atoms with Gasteiger partial charge in [-0.15, -0.1) is 0 Å². The number of ether oxygens (including phenoxy) is 1. The maximum absolute atomic E-state index is 14.7. The normalized spacial score (nSPS) is 13.8. The lowest BCUT2D eigenvalue weighted by Gasteiger charge is -2.06. The predicted octanol–water partition coefficient (Wildman–Crippen LogP) is 6.57. The lowest BCUT2D eigenvalue weighted by atomic mass is 10.0. The van der Waals surface area contributed by atoms with Crippen molar-refractivity contribution >= 4 is 11.3 Å². The van der Waals surface area contributed by atoms with Gasteiger partial charge in [0.25, 0.3) is 0 Å². The molecule has 3 aromatic rings. The number of hydrogen-bond donors (Lipinski definition) is 0. The summed E-state index contributed by atoms with van der Waals surface area (Å²) in [4.78, 5) is 0.913. The Bertz CT molecular complexity index is 862. The molecule has 0 unspecified atom stereocenters. The van der Waals surface area contributed by atoms with Gasteiger partial charge in [-0.1, -0.05) is 48.6 Å². The Balaban J connectivity index is 1.54. The molecule has 0 aliphatic heterocycles. The number of benzene rings is 2. The van der Waals surface area contributed by atoms with Gasteiger partial charge < -0.3 is 4.74 Å². The molecule has 1 fully saturated rings. The number of thiophene rings is 1. The quantitative estimate of drug-likeness (QED) is 0.487.